The molecule has 124 valence electrons. The molecule has 2 aromatic rings. The number of rotatable bonds is 6. The predicted molar refractivity (Wildman–Crippen MR) is 92.0 cm³/mol. The van der Waals surface area contributed by atoms with Crippen molar-refractivity contribution in [3.63, 3.8) is 0 Å². The van der Waals surface area contributed by atoms with Gasteiger partial charge in [0, 0.05) is 18.7 Å². The molecule has 0 amide bonds. The second-order valence-corrected chi connectivity index (χ2v) is 6.25. The van der Waals surface area contributed by atoms with Crippen LogP contribution in [0.15, 0.2) is 36.7 Å². The van der Waals surface area contributed by atoms with Gasteiger partial charge in [0.1, 0.15) is 0 Å². The summed E-state index contributed by atoms with van der Waals surface area (Å²) in [6, 6.07) is 11.4. The Morgan fingerprint density at radius 2 is 2.09 bits per heavy atom. The Kier molecular flexibility index (Phi) is 5.10. The highest BCUT2D eigenvalue weighted by Crippen LogP contribution is 2.33. The molecule has 2 N–H and O–H groups in total. The lowest BCUT2D eigenvalue weighted by molar-refractivity contribution is 0.151. The lowest BCUT2D eigenvalue weighted by atomic mass is 10.0. The third kappa shape index (κ3) is 3.32. The maximum Gasteiger partial charge on any atom is 0.0959 e. The van der Waals surface area contributed by atoms with Crippen LogP contribution in [0, 0.1) is 0 Å². The highest BCUT2D eigenvalue weighted by Gasteiger charge is 2.29. The third-order valence-electron chi connectivity index (χ3n) is 4.53. The number of hydrogen-bond donors (Lipinski definition) is 2. The first-order valence-corrected chi connectivity index (χ1v) is 8.36. The molecule has 1 aromatic carbocycles. The molecule has 5 nitrogen and oxygen atoms in total. The van der Waals surface area contributed by atoms with Crippen LogP contribution in [0.3, 0.4) is 0 Å². The summed E-state index contributed by atoms with van der Waals surface area (Å²) in [5.74, 6) is 0. The van der Waals surface area contributed by atoms with E-state index in [-0.39, 0.29) is 6.04 Å². The molecule has 0 spiro atoms. The molecule has 23 heavy (non-hydrogen) atoms. The van der Waals surface area contributed by atoms with Crippen molar-refractivity contribution in [2.45, 2.75) is 44.8 Å². The zero-order valence-corrected chi connectivity index (χ0v) is 14.1. The minimum Gasteiger partial charge on any atom is -0.383 e. The van der Waals surface area contributed by atoms with Gasteiger partial charge in [0.05, 0.1) is 36.4 Å². The van der Waals surface area contributed by atoms with Crippen LogP contribution in [0.25, 0.3) is 11.3 Å². The minimum absolute atomic E-state index is 0.258. The molecule has 1 fully saturated rings. The fourth-order valence-corrected chi connectivity index (χ4v) is 3.31. The fourth-order valence-electron chi connectivity index (χ4n) is 3.31. The van der Waals surface area contributed by atoms with Crippen molar-refractivity contribution < 1.29 is 4.74 Å². The average molecular weight is 314 g/mol. The lowest BCUT2D eigenvalue weighted by Crippen LogP contribution is -2.30. The van der Waals surface area contributed by atoms with Crippen LogP contribution in [-0.2, 0) is 4.74 Å². The number of aromatic nitrogens is 2. The average Bonchev–Trinajstić information content (AvgIpc) is 3.19. The monoisotopic (exact) mass is 314 g/mol. The Morgan fingerprint density at radius 3 is 2.70 bits per heavy atom. The number of hydrogen-bond acceptors (Lipinski definition) is 4. The van der Waals surface area contributed by atoms with Crippen molar-refractivity contribution in [2.24, 2.45) is 0 Å². The van der Waals surface area contributed by atoms with Gasteiger partial charge in [0.15, 0.2) is 0 Å². The van der Waals surface area contributed by atoms with Gasteiger partial charge in [-0.05, 0) is 19.8 Å². The third-order valence-corrected chi connectivity index (χ3v) is 4.53. The first kappa shape index (κ1) is 16.2. The molecule has 3 atom stereocenters. The van der Waals surface area contributed by atoms with Crippen LogP contribution < -0.4 is 10.9 Å². The molecular formula is C18H26N4O. The summed E-state index contributed by atoms with van der Waals surface area (Å²) in [7, 11) is 1.76. The second-order valence-electron chi connectivity index (χ2n) is 6.25. The van der Waals surface area contributed by atoms with Crippen molar-refractivity contribution in [1.29, 1.82) is 0 Å². The van der Waals surface area contributed by atoms with Gasteiger partial charge in [-0.15, -0.1) is 0 Å². The number of nitrogens with one attached hydrogen (secondary N) is 2. The van der Waals surface area contributed by atoms with Crippen LogP contribution >= 0.6 is 0 Å². The zero-order chi connectivity index (χ0) is 16.2. The van der Waals surface area contributed by atoms with Crippen molar-refractivity contribution >= 4 is 0 Å². The Balaban J connectivity index is 2.05. The van der Waals surface area contributed by atoms with E-state index < -0.39 is 0 Å². The summed E-state index contributed by atoms with van der Waals surface area (Å²) < 4.78 is 7.71. The molecule has 1 aliphatic rings. The first-order chi connectivity index (χ1) is 11.2. The summed E-state index contributed by atoms with van der Waals surface area (Å²) >= 11 is 0. The van der Waals surface area contributed by atoms with E-state index in [0.717, 1.165) is 24.1 Å². The number of imidazole rings is 1. The van der Waals surface area contributed by atoms with E-state index in [4.69, 9.17) is 9.72 Å². The number of ether oxygens (including phenoxy) is 1. The normalized spacial score (nSPS) is 22.4. The lowest BCUT2D eigenvalue weighted by Gasteiger charge is -2.22. The molecule has 1 aromatic heterocycles. The predicted octanol–water partition coefficient (Wildman–Crippen LogP) is 3.08. The largest absolute Gasteiger partial charge is 0.383 e. The minimum atomic E-state index is 0.258. The molecule has 3 rings (SSSR count). The van der Waals surface area contributed by atoms with Crippen molar-refractivity contribution in [3.05, 3.63) is 42.4 Å². The number of nitrogens with zero attached hydrogens (tertiary/aromatic N) is 2. The van der Waals surface area contributed by atoms with Crippen LogP contribution in [0.1, 0.15) is 44.5 Å². The van der Waals surface area contributed by atoms with Gasteiger partial charge in [0.2, 0.25) is 0 Å². The van der Waals surface area contributed by atoms with Gasteiger partial charge in [-0.1, -0.05) is 37.3 Å². The smallest absolute Gasteiger partial charge is 0.0959 e. The number of benzene rings is 1. The van der Waals surface area contributed by atoms with E-state index in [1.807, 2.05) is 12.4 Å². The fraction of sp³-hybridized carbons (Fsp3) is 0.500. The number of methoxy groups -OCH3 is 1. The molecule has 2 heterocycles. The van der Waals surface area contributed by atoms with Gasteiger partial charge >= 0.3 is 0 Å². The first-order valence-electron chi connectivity index (χ1n) is 8.36. The van der Waals surface area contributed by atoms with Gasteiger partial charge in [-0.3, -0.25) is 5.43 Å². The Labute approximate surface area is 138 Å². The Hall–Kier alpha value is -1.69. The van der Waals surface area contributed by atoms with Crippen molar-refractivity contribution in [1.82, 2.24) is 20.4 Å². The van der Waals surface area contributed by atoms with Gasteiger partial charge < -0.3 is 9.30 Å². The van der Waals surface area contributed by atoms with E-state index in [1.165, 1.54) is 5.69 Å². The van der Waals surface area contributed by atoms with E-state index >= 15 is 0 Å². The standard InChI is InChI=1S/C18H26N4O/c1-4-15(11-23-3)22-12-19-17(14-8-6-5-7-9-14)18(22)16-10-13(2)20-21-16/h5-9,12-13,15-16,20-21H,4,10-11H2,1-3H3. The molecule has 1 saturated heterocycles. The Bertz CT molecular complexity index is 625. The summed E-state index contributed by atoms with van der Waals surface area (Å²) in [6.07, 6.45) is 4.03. The van der Waals surface area contributed by atoms with Crippen LogP contribution in [0.2, 0.25) is 0 Å². The van der Waals surface area contributed by atoms with Crippen LogP contribution in [0.5, 0.6) is 0 Å². The van der Waals surface area contributed by atoms with Gasteiger partial charge in [0.25, 0.3) is 0 Å². The highest BCUT2D eigenvalue weighted by atomic mass is 16.5. The maximum absolute atomic E-state index is 5.42. The molecule has 0 aliphatic carbocycles. The summed E-state index contributed by atoms with van der Waals surface area (Å²) in [6.45, 7) is 5.09. The molecule has 0 radical (unpaired) electrons. The highest BCUT2D eigenvalue weighted by molar-refractivity contribution is 5.62. The Morgan fingerprint density at radius 1 is 1.30 bits per heavy atom. The maximum atomic E-state index is 5.42. The summed E-state index contributed by atoms with van der Waals surface area (Å²) in [5, 5.41) is 0. The van der Waals surface area contributed by atoms with E-state index in [0.29, 0.717) is 18.7 Å². The van der Waals surface area contributed by atoms with E-state index in [9.17, 15) is 0 Å². The topological polar surface area (TPSA) is 51.1 Å². The van der Waals surface area contributed by atoms with E-state index in [2.05, 4.69) is 53.5 Å². The van der Waals surface area contributed by atoms with Gasteiger partial charge in [-0.25, -0.2) is 10.4 Å². The quantitative estimate of drug-likeness (QED) is 0.860. The SMILES string of the molecule is CCC(COC)n1cnc(-c2ccccc2)c1C1CC(C)NN1. The molecule has 0 saturated carbocycles. The van der Waals surface area contributed by atoms with Crippen LogP contribution in [-0.4, -0.2) is 29.3 Å². The molecular weight excluding hydrogens is 288 g/mol. The summed E-state index contributed by atoms with van der Waals surface area (Å²) in [4.78, 5) is 4.75. The molecule has 3 unspecified atom stereocenters. The molecule has 1 aliphatic heterocycles. The molecule has 0 bridgehead atoms. The van der Waals surface area contributed by atoms with Crippen molar-refractivity contribution in [2.75, 3.05) is 13.7 Å². The van der Waals surface area contributed by atoms with Crippen LogP contribution in [0.4, 0.5) is 0 Å². The van der Waals surface area contributed by atoms with E-state index in [1.54, 1.807) is 7.11 Å². The molecule has 5 heteroatoms. The number of hydrazine groups is 1. The van der Waals surface area contributed by atoms with Gasteiger partial charge in [-0.2, -0.15) is 0 Å². The zero-order valence-electron chi connectivity index (χ0n) is 14.1. The summed E-state index contributed by atoms with van der Waals surface area (Å²) in [5.41, 5.74) is 10.2. The van der Waals surface area contributed by atoms with Crippen molar-refractivity contribution in [3.8, 4) is 11.3 Å². The second kappa shape index (κ2) is 7.25.